The Labute approximate surface area is 239 Å². The Hall–Kier alpha value is -4.89. The molecule has 1 aliphatic heterocycles. The third-order valence-electron chi connectivity index (χ3n) is 7.05. The summed E-state index contributed by atoms with van der Waals surface area (Å²) in [5.41, 5.74) is 4.45. The lowest BCUT2D eigenvalue weighted by atomic mass is 9.96. The standard InChI is InChI=1S/C32H28N4O4S/c1-39-25-18-19-27(31(20-25)40-2)29-21-30(36(33-29)41(37,38)26-16-10-5-11-17-26)28-22-35(24-14-8-4-9-15-24)34-32(28)23-12-6-3-7-13-23/h3-20,22,30H,21H2,1-2H3/t30-/m1/s1. The number of hydrogen-bond donors (Lipinski definition) is 0. The monoisotopic (exact) mass is 564 g/mol. The minimum Gasteiger partial charge on any atom is -0.497 e. The number of aromatic nitrogens is 2. The normalized spacial score (nSPS) is 15.0. The Morgan fingerprint density at radius 3 is 2.12 bits per heavy atom. The van der Waals surface area contributed by atoms with Crippen molar-refractivity contribution in [2.24, 2.45) is 5.10 Å². The van der Waals surface area contributed by atoms with Crippen molar-refractivity contribution in [2.45, 2.75) is 17.4 Å². The van der Waals surface area contributed by atoms with Crippen molar-refractivity contribution < 1.29 is 17.9 Å². The SMILES string of the molecule is COc1ccc(C2=NN(S(=O)(=O)c3ccccc3)[C@@H](c3cn(-c4ccccc4)nc3-c3ccccc3)C2)c(OC)c1. The smallest absolute Gasteiger partial charge is 0.279 e. The van der Waals surface area contributed by atoms with Crippen LogP contribution in [0.3, 0.4) is 0 Å². The van der Waals surface area contributed by atoms with Crippen molar-refractivity contribution in [3.63, 3.8) is 0 Å². The molecule has 1 atom stereocenters. The predicted octanol–water partition coefficient (Wildman–Crippen LogP) is 6.10. The van der Waals surface area contributed by atoms with Crippen LogP contribution in [0.2, 0.25) is 0 Å². The second kappa shape index (κ2) is 10.9. The number of rotatable bonds is 8. The number of methoxy groups -OCH3 is 2. The Bertz CT molecular complexity index is 1810. The van der Waals surface area contributed by atoms with Crippen LogP contribution >= 0.6 is 0 Å². The first-order chi connectivity index (χ1) is 20.0. The van der Waals surface area contributed by atoms with Gasteiger partial charge in [0.15, 0.2) is 0 Å². The van der Waals surface area contributed by atoms with Gasteiger partial charge in [0, 0.05) is 35.4 Å². The predicted molar refractivity (Wildman–Crippen MR) is 158 cm³/mol. The van der Waals surface area contributed by atoms with E-state index in [0.29, 0.717) is 34.9 Å². The summed E-state index contributed by atoms with van der Waals surface area (Å²) in [7, 11) is -0.865. The minimum atomic E-state index is -4.02. The van der Waals surface area contributed by atoms with E-state index in [-0.39, 0.29) is 4.90 Å². The molecule has 6 rings (SSSR count). The summed E-state index contributed by atoms with van der Waals surface area (Å²) in [4.78, 5) is 0.161. The van der Waals surface area contributed by atoms with Gasteiger partial charge in [-0.05, 0) is 36.4 Å². The van der Waals surface area contributed by atoms with Crippen LogP contribution in [0.5, 0.6) is 11.5 Å². The van der Waals surface area contributed by atoms with Gasteiger partial charge in [-0.3, -0.25) is 0 Å². The van der Waals surface area contributed by atoms with Crippen LogP contribution in [0.15, 0.2) is 125 Å². The van der Waals surface area contributed by atoms with Crippen molar-refractivity contribution in [3.05, 3.63) is 127 Å². The van der Waals surface area contributed by atoms with Gasteiger partial charge in [0.1, 0.15) is 11.5 Å². The Morgan fingerprint density at radius 1 is 0.805 bits per heavy atom. The van der Waals surface area contributed by atoms with Gasteiger partial charge in [-0.2, -0.15) is 23.0 Å². The molecule has 0 saturated heterocycles. The number of hydrazone groups is 1. The van der Waals surface area contributed by atoms with Crippen LogP contribution in [0.25, 0.3) is 16.9 Å². The molecule has 206 valence electrons. The summed E-state index contributed by atoms with van der Waals surface area (Å²) in [5, 5.41) is 9.69. The molecule has 4 aromatic carbocycles. The van der Waals surface area contributed by atoms with Crippen LogP contribution in [-0.2, 0) is 10.0 Å². The lowest BCUT2D eigenvalue weighted by Gasteiger charge is -2.23. The van der Waals surface area contributed by atoms with Crippen molar-refractivity contribution >= 4 is 15.7 Å². The number of benzene rings is 4. The average Bonchev–Trinajstić information content (AvgIpc) is 3.68. The molecule has 0 aliphatic carbocycles. The maximum Gasteiger partial charge on any atom is 0.279 e. The Kier molecular flexibility index (Phi) is 7.03. The quantitative estimate of drug-likeness (QED) is 0.227. The molecule has 1 aromatic heterocycles. The zero-order valence-electron chi connectivity index (χ0n) is 22.6. The summed E-state index contributed by atoms with van der Waals surface area (Å²) in [6.45, 7) is 0. The number of nitrogens with zero attached hydrogens (tertiary/aromatic N) is 4. The Balaban J connectivity index is 1.53. The maximum atomic E-state index is 14.1. The second-order valence-electron chi connectivity index (χ2n) is 9.50. The molecule has 0 amide bonds. The Morgan fingerprint density at radius 2 is 1.46 bits per heavy atom. The second-order valence-corrected chi connectivity index (χ2v) is 11.3. The highest BCUT2D eigenvalue weighted by atomic mass is 32.2. The summed E-state index contributed by atoms with van der Waals surface area (Å²) in [6, 6.07) is 32.7. The minimum absolute atomic E-state index is 0.161. The molecule has 2 heterocycles. The number of para-hydroxylation sites is 1. The molecule has 1 aliphatic rings. The lowest BCUT2D eigenvalue weighted by molar-refractivity contribution is 0.372. The topological polar surface area (TPSA) is 86.0 Å². The first-order valence-electron chi connectivity index (χ1n) is 13.1. The molecule has 0 saturated carbocycles. The maximum absolute atomic E-state index is 14.1. The fraction of sp³-hybridized carbons (Fsp3) is 0.125. The number of sulfonamides is 1. The molecule has 0 N–H and O–H groups in total. The molecule has 0 fully saturated rings. The van der Waals surface area contributed by atoms with E-state index in [1.165, 1.54) is 4.41 Å². The van der Waals surface area contributed by atoms with E-state index < -0.39 is 16.1 Å². The van der Waals surface area contributed by atoms with Crippen LogP contribution in [0, 0.1) is 0 Å². The van der Waals surface area contributed by atoms with Crippen molar-refractivity contribution in [1.29, 1.82) is 0 Å². The molecular weight excluding hydrogens is 536 g/mol. The largest absolute Gasteiger partial charge is 0.497 e. The van der Waals surface area contributed by atoms with Crippen LogP contribution in [0.1, 0.15) is 23.6 Å². The van der Waals surface area contributed by atoms with Crippen LogP contribution in [-0.4, -0.2) is 42.5 Å². The summed E-state index contributed by atoms with van der Waals surface area (Å²) in [6.07, 6.45) is 2.22. The van der Waals surface area contributed by atoms with Gasteiger partial charge in [0.05, 0.1) is 42.2 Å². The average molecular weight is 565 g/mol. The molecule has 41 heavy (non-hydrogen) atoms. The molecular formula is C32H28N4O4S. The van der Waals surface area contributed by atoms with E-state index in [1.54, 1.807) is 55.3 Å². The third-order valence-corrected chi connectivity index (χ3v) is 8.75. The zero-order valence-corrected chi connectivity index (χ0v) is 23.4. The first-order valence-corrected chi connectivity index (χ1v) is 14.5. The zero-order chi connectivity index (χ0) is 28.4. The molecule has 0 spiro atoms. The fourth-order valence-corrected chi connectivity index (χ4v) is 6.45. The van der Waals surface area contributed by atoms with E-state index in [0.717, 1.165) is 16.8 Å². The van der Waals surface area contributed by atoms with Gasteiger partial charge >= 0.3 is 0 Å². The van der Waals surface area contributed by atoms with Gasteiger partial charge in [0.25, 0.3) is 10.0 Å². The van der Waals surface area contributed by atoms with E-state index in [2.05, 4.69) is 0 Å². The highest BCUT2D eigenvalue weighted by Crippen LogP contribution is 2.42. The van der Waals surface area contributed by atoms with E-state index >= 15 is 0 Å². The highest BCUT2D eigenvalue weighted by Gasteiger charge is 2.40. The summed E-state index contributed by atoms with van der Waals surface area (Å²) >= 11 is 0. The fourth-order valence-electron chi connectivity index (χ4n) is 5.01. The molecule has 8 nitrogen and oxygen atoms in total. The van der Waals surface area contributed by atoms with Gasteiger partial charge in [0.2, 0.25) is 0 Å². The molecule has 0 radical (unpaired) electrons. The van der Waals surface area contributed by atoms with E-state index in [1.807, 2.05) is 79.0 Å². The van der Waals surface area contributed by atoms with Crippen LogP contribution in [0.4, 0.5) is 0 Å². The lowest BCUT2D eigenvalue weighted by Crippen LogP contribution is -2.27. The van der Waals surface area contributed by atoms with Gasteiger partial charge < -0.3 is 9.47 Å². The summed E-state index contributed by atoms with van der Waals surface area (Å²) < 4.78 is 42.3. The highest BCUT2D eigenvalue weighted by molar-refractivity contribution is 7.89. The molecule has 5 aromatic rings. The van der Waals surface area contributed by atoms with Crippen LogP contribution < -0.4 is 9.47 Å². The molecule has 0 unspecified atom stereocenters. The third kappa shape index (κ3) is 4.96. The van der Waals surface area contributed by atoms with Gasteiger partial charge in [-0.1, -0.05) is 66.7 Å². The van der Waals surface area contributed by atoms with Gasteiger partial charge in [-0.25, -0.2) is 4.68 Å². The van der Waals surface area contributed by atoms with E-state index in [4.69, 9.17) is 19.7 Å². The number of ether oxygens (including phenoxy) is 2. The first kappa shape index (κ1) is 26.3. The molecule has 0 bridgehead atoms. The van der Waals surface area contributed by atoms with Crippen molar-refractivity contribution in [1.82, 2.24) is 14.2 Å². The number of hydrogen-bond acceptors (Lipinski definition) is 6. The summed E-state index contributed by atoms with van der Waals surface area (Å²) in [5.74, 6) is 1.18. The van der Waals surface area contributed by atoms with E-state index in [9.17, 15) is 8.42 Å². The van der Waals surface area contributed by atoms with Crippen molar-refractivity contribution in [3.8, 4) is 28.4 Å². The molecule has 9 heteroatoms. The van der Waals surface area contributed by atoms with Gasteiger partial charge in [-0.15, -0.1) is 0 Å². The van der Waals surface area contributed by atoms with Crippen molar-refractivity contribution in [2.75, 3.05) is 14.2 Å².